The van der Waals surface area contributed by atoms with Crippen LogP contribution >= 0.6 is 0 Å². The molecule has 0 radical (unpaired) electrons. The van der Waals surface area contributed by atoms with Crippen molar-refractivity contribution in [3.63, 3.8) is 0 Å². The summed E-state index contributed by atoms with van der Waals surface area (Å²) >= 11 is 0. The van der Waals surface area contributed by atoms with Crippen molar-refractivity contribution >= 4 is 11.5 Å². The van der Waals surface area contributed by atoms with Crippen molar-refractivity contribution in [2.24, 2.45) is 0 Å². The highest BCUT2D eigenvalue weighted by Gasteiger charge is 2.30. The van der Waals surface area contributed by atoms with Gasteiger partial charge in [0.25, 0.3) is 0 Å². The van der Waals surface area contributed by atoms with Gasteiger partial charge in [0.05, 0.1) is 5.92 Å². The second kappa shape index (κ2) is 8.75. The van der Waals surface area contributed by atoms with Gasteiger partial charge >= 0.3 is 0 Å². The molecule has 1 aromatic heterocycles. The summed E-state index contributed by atoms with van der Waals surface area (Å²) in [5.74, 6) is 1.28. The van der Waals surface area contributed by atoms with Crippen LogP contribution in [0.4, 0.5) is 0 Å². The average molecular weight is 361 g/mol. The fourth-order valence-electron chi connectivity index (χ4n) is 4.18. The minimum Gasteiger partial charge on any atom is -0.360 e. The zero-order chi connectivity index (χ0) is 18.5. The van der Waals surface area contributed by atoms with Gasteiger partial charge in [0.2, 0.25) is 5.89 Å². The quantitative estimate of drug-likeness (QED) is 0.534. The number of amidine groups is 1. The first-order chi connectivity index (χ1) is 12.5. The first-order valence-electron chi connectivity index (χ1n) is 9.96. The third-order valence-corrected chi connectivity index (χ3v) is 5.61. The lowest BCUT2D eigenvalue weighted by Gasteiger charge is -2.38. The van der Waals surface area contributed by atoms with E-state index in [4.69, 9.17) is 15.3 Å². The minimum atomic E-state index is -0.284. The number of hydrogen-bond donors (Lipinski definition) is 3. The SMILES string of the molecule is CC(=N)CC(C(=N)N1CCC(NC2CCCCC2)CC1)c1noc(C)n1. The minimum absolute atomic E-state index is 0.284. The molecular weight excluding hydrogens is 328 g/mol. The predicted molar refractivity (Wildman–Crippen MR) is 102 cm³/mol. The molecule has 7 heteroatoms. The molecule has 1 aromatic rings. The van der Waals surface area contributed by atoms with Gasteiger partial charge in [0.1, 0.15) is 5.84 Å². The molecule has 1 saturated carbocycles. The van der Waals surface area contributed by atoms with Gasteiger partial charge in [-0.1, -0.05) is 24.4 Å². The monoisotopic (exact) mass is 360 g/mol. The molecule has 144 valence electrons. The van der Waals surface area contributed by atoms with Crippen molar-refractivity contribution < 1.29 is 4.52 Å². The van der Waals surface area contributed by atoms with Crippen LogP contribution in [0.15, 0.2) is 4.52 Å². The van der Waals surface area contributed by atoms with E-state index in [1.165, 1.54) is 32.1 Å². The molecule has 2 heterocycles. The fraction of sp³-hybridized carbons (Fsp3) is 0.789. The predicted octanol–water partition coefficient (Wildman–Crippen LogP) is 3.26. The Hall–Kier alpha value is -1.76. The molecule has 0 aromatic carbocycles. The maximum Gasteiger partial charge on any atom is 0.223 e. The number of nitrogens with one attached hydrogen (secondary N) is 3. The summed E-state index contributed by atoms with van der Waals surface area (Å²) in [6, 6.07) is 1.26. The Labute approximate surface area is 155 Å². The van der Waals surface area contributed by atoms with Gasteiger partial charge in [0, 0.05) is 44.2 Å². The highest BCUT2D eigenvalue weighted by atomic mass is 16.5. The third-order valence-electron chi connectivity index (χ3n) is 5.61. The molecule has 0 amide bonds. The summed E-state index contributed by atoms with van der Waals surface area (Å²) in [5, 5.41) is 24.4. The third kappa shape index (κ3) is 4.90. The maximum absolute atomic E-state index is 8.69. The van der Waals surface area contributed by atoms with Crippen LogP contribution in [0, 0.1) is 17.7 Å². The summed E-state index contributed by atoms with van der Waals surface area (Å²) in [7, 11) is 0. The lowest BCUT2D eigenvalue weighted by atomic mass is 9.93. The summed E-state index contributed by atoms with van der Waals surface area (Å²) in [6.07, 6.45) is 9.34. The van der Waals surface area contributed by atoms with Crippen molar-refractivity contribution in [2.75, 3.05) is 13.1 Å². The first kappa shape index (κ1) is 19.0. The summed E-state index contributed by atoms with van der Waals surface area (Å²) in [6.45, 7) is 5.30. The average Bonchev–Trinajstić information content (AvgIpc) is 3.07. The van der Waals surface area contributed by atoms with Crippen LogP contribution in [-0.4, -0.2) is 51.8 Å². The van der Waals surface area contributed by atoms with E-state index in [2.05, 4.69) is 20.4 Å². The molecule has 1 unspecified atom stereocenters. The summed E-state index contributed by atoms with van der Waals surface area (Å²) < 4.78 is 5.11. The van der Waals surface area contributed by atoms with Crippen molar-refractivity contribution in [1.82, 2.24) is 20.4 Å². The zero-order valence-electron chi connectivity index (χ0n) is 16.1. The van der Waals surface area contributed by atoms with Crippen LogP contribution in [0.5, 0.6) is 0 Å². The normalized spacial score (nSPS) is 20.9. The Kier molecular flexibility index (Phi) is 6.40. The molecule has 7 nitrogen and oxygen atoms in total. The summed E-state index contributed by atoms with van der Waals surface area (Å²) in [5.41, 5.74) is 0.538. The van der Waals surface area contributed by atoms with Crippen LogP contribution < -0.4 is 5.32 Å². The number of hydrogen-bond acceptors (Lipinski definition) is 6. The van der Waals surface area contributed by atoms with Crippen LogP contribution in [-0.2, 0) is 0 Å². The van der Waals surface area contributed by atoms with Crippen molar-refractivity contribution in [3.8, 4) is 0 Å². The van der Waals surface area contributed by atoms with Crippen LogP contribution in [0.1, 0.15) is 75.9 Å². The van der Waals surface area contributed by atoms with E-state index >= 15 is 0 Å². The molecule has 26 heavy (non-hydrogen) atoms. The number of rotatable bonds is 6. The molecule has 1 saturated heterocycles. The Balaban J connectivity index is 1.56. The van der Waals surface area contributed by atoms with E-state index in [1.807, 2.05) is 0 Å². The van der Waals surface area contributed by atoms with E-state index in [0.717, 1.165) is 25.9 Å². The molecule has 3 rings (SSSR count). The Morgan fingerprint density at radius 3 is 2.38 bits per heavy atom. The Bertz CT molecular complexity index is 613. The van der Waals surface area contributed by atoms with Gasteiger partial charge in [-0.3, -0.25) is 5.41 Å². The molecule has 2 aliphatic rings. The highest BCUT2D eigenvalue weighted by molar-refractivity contribution is 5.91. The molecule has 3 N–H and O–H groups in total. The lowest BCUT2D eigenvalue weighted by Crippen LogP contribution is -2.49. The number of piperidine rings is 1. The van der Waals surface area contributed by atoms with E-state index in [-0.39, 0.29) is 5.92 Å². The topological polar surface area (TPSA) is 102 Å². The van der Waals surface area contributed by atoms with E-state index < -0.39 is 0 Å². The van der Waals surface area contributed by atoms with Crippen molar-refractivity contribution in [1.29, 1.82) is 10.8 Å². The van der Waals surface area contributed by atoms with Crippen LogP contribution in [0.25, 0.3) is 0 Å². The zero-order valence-corrected chi connectivity index (χ0v) is 16.1. The Morgan fingerprint density at radius 1 is 1.15 bits per heavy atom. The van der Waals surface area contributed by atoms with E-state index in [9.17, 15) is 0 Å². The number of aryl methyl sites for hydroxylation is 1. The molecule has 0 spiro atoms. The summed E-state index contributed by atoms with van der Waals surface area (Å²) in [4.78, 5) is 6.46. The van der Waals surface area contributed by atoms with Crippen LogP contribution in [0.3, 0.4) is 0 Å². The molecule has 1 aliphatic carbocycles. The second-order valence-electron chi connectivity index (χ2n) is 7.86. The van der Waals surface area contributed by atoms with Crippen molar-refractivity contribution in [3.05, 3.63) is 11.7 Å². The largest absolute Gasteiger partial charge is 0.360 e. The van der Waals surface area contributed by atoms with Gasteiger partial charge in [-0.15, -0.1) is 0 Å². The standard InChI is InChI=1S/C19H32N6O/c1-13(20)12-17(19-22-14(2)26-24-19)18(21)25-10-8-16(9-11-25)23-15-6-4-3-5-7-15/h15-17,20-21,23H,3-12H2,1-2H3. The smallest absolute Gasteiger partial charge is 0.223 e. The van der Waals surface area contributed by atoms with Gasteiger partial charge in [-0.05, 0) is 32.6 Å². The van der Waals surface area contributed by atoms with Gasteiger partial charge in [-0.2, -0.15) is 4.98 Å². The molecule has 1 atom stereocenters. The fourth-order valence-corrected chi connectivity index (χ4v) is 4.18. The van der Waals surface area contributed by atoms with E-state index in [0.29, 0.717) is 41.8 Å². The Morgan fingerprint density at radius 2 is 1.81 bits per heavy atom. The second-order valence-corrected chi connectivity index (χ2v) is 7.86. The molecular formula is C19H32N6O. The van der Waals surface area contributed by atoms with Gasteiger partial charge < -0.3 is 20.1 Å². The highest BCUT2D eigenvalue weighted by Crippen LogP contribution is 2.24. The number of nitrogens with zero attached hydrogens (tertiary/aromatic N) is 3. The number of likely N-dealkylation sites (tertiary alicyclic amines) is 1. The van der Waals surface area contributed by atoms with E-state index in [1.54, 1.807) is 13.8 Å². The molecule has 2 fully saturated rings. The maximum atomic E-state index is 8.69. The van der Waals surface area contributed by atoms with Gasteiger partial charge in [0.15, 0.2) is 5.82 Å². The van der Waals surface area contributed by atoms with Crippen LogP contribution in [0.2, 0.25) is 0 Å². The molecule has 1 aliphatic heterocycles. The molecule has 0 bridgehead atoms. The van der Waals surface area contributed by atoms with Gasteiger partial charge in [-0.25, -0.2) is 0 Å². The lowest BCUT2D eigenvalue weighted by molar-refractivity contribution is 0.242. The number of aromatic nitrogens is 2. The van der Waals surface area contributed by atoms with Crippen molar-refractivity contribution in [2.45, 2.75) is 83.2 Å². The first-order valence-corrected chi connectivity index (χ1v) is 9.96.